The average Bonchev–Trinajstić information content (AvgIpc) is 2.60. The van der Waals surface area contributed by atoms with Crippen molar-refractivity contribution < 1.29 is 19.1 Å². The van der Waals surface area contributed by atoms with Gasteiger partial charge in [0.1, 0.15) is 17.3 Å². The molecule has 0 aliphatic heterocycles. The lowest BCUT2D eigenvalue weighted by Gasteiger charge is -2.07. The molecule has 0 radical (unpaired) electrons. The number of carbonyl (C=O) groups excluding carboxylic acids is 1. The summed E-state index contributed by atoms with van der Waals surface area (Å²) in [6, 6.07) is 14.0. The molecule has 126 valence electrons. The van der Waals surface area contributed by atoms with Gasteiger partial charge >= 0.3 is 5.97 Å². The predicted molar refractivity (Wildman–Crippen MR) is 91.4 cm³/mol. The number of rotatable bonds is 7. The molecule has 7 heteroatoms. The van der Waals surface area contributed by atoms with Crippen LogP contribution in [-0.4, -0.2) is 25.5 Å². The molecule has 6 nitrogen and oxygen atoms in total. The minimum absolute atomic E-state index is 0.152. The Bertz CT molecular complexity index is 717. The maximum atomic E-state index is 11.6. The number of methoxy groups -OCH3 is 1. The number of ether oxygens (including phenoxy) is 2. The smallest absolute Gasteiger partial charge is 0.372 e. The largest absolute Gasteiger partial charge is 0.496 e. The van der Waals surface area contributed by atoms with Gasteiger partial charge in [-0.15, -0.1) is 0 Å². The summed E-state index contributed by atoms with van der Waals surface area (Å²) in [7, 11) is 1.57. The van der Waals surface area contributed by atoms with Gasteiger partial charge in [-0.2, -0.15) is 0 Å². The van der Waals surface area contributed by atoms with Crippen molar-refractivity contribution in [2.45, 2.75) is 6.42 Å². The minimum atomic E-state index is -0.659. The van der Waals surface area contributed by atoms with Gasteiger partial charge in [0.15, 0.2) is 6.61 Å². The minimum Gasteiger partial charge on any atom is -0.496 e. The lowest BCUT2D eigenvalue weighted by molar-refractivity contribution is -0.146. The number of benzene rings is 2. The SMILES string of the molecule is COc1ccccc1CC(N)=NOC(=O)COc1ccc(Cl)cc1. The van der Waals surface area contributed by atoms with E-state index in [-0.39, 0.29) is 12.4 Å². The Morgan fingerprint density at radius 3 is 2.58 bits per heavy atom. The van der Waals surface area contributed by atoms with Crippen LogP contribution in [0.4, 0.5) is 0 Å². The summed E-state index contributed by atoms with van der Waals surface area (Å²) in [4.78, 5) is 16.3. The Labute approximate surface area is 144 Å². The molecule has 0 atom stereocenters. The van der Waals surface area contributed by atoms with E-state index in [1.165, 1.54) is 0 Å². The first-order valence-corrected chi connectivity index (χ1v) is 7.48. The zero-order valence-electron chi connectivity index (χ0n) is 13.1. The molecule has 0 heterocycles. The van der Waals surface area contributed by atoms with Gasteiger partial charge in [0.05, 0.1) is 7.11 Å². The van der Waals surface area contributed by atoms with Crippen molar-refractivity contribution in [1.82, 2.24) is 0 Å². The summed E-state index contributed by atoms with van der Waals surface area (Å²) < 4.78 is 10.5. The van der Waals surface area contributed by atoms with Crippen LogP contribution in [0.3, 0.4) is 0 Å². The molecule has 2 aromatic rings. The summed E-state index contributed by atoms with van der Waals surface area (Å²) in [6.07, 6.45) is 0.301. The van der Waals surface area contributed by atoms with Gasteiger partial charge in [0.25, 0.3) is 0 Å². The third-order valence-corrected chi connectivity index (χ3v) is 3.25. The first-order chi connectivity index (χ1) is 11.6. The van der Waals surface area contributed by atoms with E-state index < -0.39 is 5.97 Å². The predicted octanol–water partition coefficient (Wildman–Crippen LogP) is 2.79. The number of hydrogen-bond acceptors (Lipinski definition) is 5. The van der Waals surface area contributed by atoms with Crippen LogP contribution in [0.5, 0.6) is 11.5 Å². The molecule has 0 aliphatic carbocycles. The van der Waals surface area contributed by atoms with Gasteiger partial charge in [-0.3, -0.25) is 0 Å². The fraction of sp³-hybridized carbons (Fsp3) is 0.176. The van der Waals surface area contributed by atoms with Crippen LogP contribution in [0.25, 0.3) is 0 Å². The highest BCUT2D eigenvalue weighted by atomic mass is 35.5. The summed E-state index contributed by atoms with van der Waals surface area (Å²) in [5, 5.41) is 4.19. The molecule has 0 aromatic heterocycles. The lowest BCUT2D eigenvalue weighted by atomic mass is 10.1. The zero-order valence-corrected chi connectivity index (χ0v) is 13.8. The first kappa shape index (κ1) is 17.6. The van der Waals surface area contributed by atoms with Crippen molar-refractivity contribution in [3.63, 3.8) is 0 Å². The van der Waals surface area contributed by atoms with E-state index in [9.17, 15) is 4.79 Å². The summed E-state index contributed by atoms with van der Waals surface area (Å²) in [5.41, 5.74) is 6.61. The third kappa shape index (κ3) is 5.48. The molecular formula is C17H17ClN2O4. The highest BCUT2D eigenvalue weighted by Crippen LogP contribution is 2.17. The van der Waals surface area contributed by atoms with Gasteiger partial charge in [0, 0.05) is 17.0 Å². The molecule has 2 aromatic carbocycles. The van der Waals surface area contributed by atoms with Crippen molar-refractivity contribution in [2.75, 3.05) is 13.7 Å². The Morgan fingerprint density at radius 2 is 1.88 bits per heavy atom. The molecule has 0 bridgehead atoms. The molecular weight excluding hydrogens is 332 g/mol. The third-order valence-electron chi connectivity index (χ3n) is 3.00. The number of para-hydroxylation sites is 1. The summed E-state index contributed by atoms with van der Waals surface area (Å²) >= 11 is 5.76. The molecule has 0 saturated carbocycles. The van der Waals surface area contributed by atoms with E-state index in [1.807, 2.05) is 24.3 Å². The maximum Gasteiger partial charge on any atom is 0.372 e. The number of hydrogen-bond donors (Lipinski definition) is 1. The van der Waals surface area contributed by atoms with Crippen LogP contribution in [0, 0.1) is 0 Å². The molecule has 0 unspecified atom stereocenters. The second-order valence-electron chi connectivity index (χ2n) is 4.78. The molecule has 0 saturated heterocycles. The van der Waals surface area contributed by atoms with E-state index in [1.54, 1.807) is 31.4 Å². The van der Waals surface area contributed by atoms with Crippen molar-refractivity contribution in [1.29, 1.82) is 0 Å². The van der Waals surface area contributed by atoms with E-state index in [0.29, 0.717) is 22.9 Å². The summed E-state index contributed by atoms with van der Waals surface area (Å²) in [6.45, 7) is -0.285. The highest BCUT2D eigenvalue weighted by Gasteiger charge is 2.07. The second kappa shape index (κ2) is 8.79. The standard InChI is InChI=1S/C17H17ClN2O4/c1-22-15-5-3-2-4-12(15)10-16(19)20-24-17(21)11-23-14-8-6-13(18)7-9-14/h2-9H,10-11H2,1H3,(H2,19,20). The highest BCUT2D eigenvalue weighted by molar-refractivity contribution is 6.30. The van der Waals surface area contributed by atoms with Gasteiger partial charge in [-0.1, -0.05) is 35.0 Å². The molecule has 2 rings (SSSR count). The van der Waals surface area contributed by atoms with Gasteiger partial charge in [-0.05, 0) is 30.3 Å². The number of oxime groups is 1. The molecule has 24 heavy (non-hydrogen) atoms. The molecule has 2 N–H and O–H groups in total. The van der Waals surface area contributed by atoms with E-state index in [0.717, 1.165) is 5.56 Å². The number of nitrogens with two attached hydrogens (primary N) is 1. The van der Waals surface area contributed by atoms with Gasteiger partial charge in [0.2, 0.25) is 0 Å². The van der Waals surface area contributed by atoms with Crippen LogP contribution in [0.2, 0.25) is 5.02 Å². The Hall–Kier alpha value is -2.73. The van der Waals surface area contributed by atoms with Crippen LogP contribution >= 0.6 is 11.6 Å². The fourth-order valence-corrected chi connectivity index (χ4v) is 2.01. The number of amidine groups is 1. The van der Waals surface area contributed by atoms with Crippen LogP contribution in [-0.2, 0) is 16.1 Å². The molecule has 0 aliphatic rings. The summed E-state index contributed by atoms with van der Waals surface area (Å²) in [5.74, 6) is 0.683. The zero-order chi connectivity index (χ0) is 17.4. The quantitative estimate of drug-likeness (QED) is 0.360. The normalized spacial score (nSPS) is 11.0. The number of halogens is 1. The van der Waals surface area contributed by atoms with Gasteiger partial charge < -0.3 is 20.0 Å². The average molecular weight is 349 g/mol. The van der Waals surface area contributed by atoms with E-state index in [4.69, 9.17) is 31.6 Å². The molecule has 0 spiro atoms. The van der Waals surface area contributed by atoms with E-state index in [2.05, 4.69) is 5.16 Å². The van der Waals surface area contributed by atoms with Crippen molar-refractivity contribution in [3.05, 3.63) is 59.1 Å². The lowest BCUT2D eigenvalue weighted by Crippen LogP contribution is -2.19. The fourth-order valence-electron chi connectivity index (χ4n) is 1.89. The first-order valence-electron chi connectivity index (χ1n) is 7.11. The monoisotopic (exact) mass is 348 g/mol. The Kier molecular flexibility index (Phi) is 6.45. The van der Waals surface area contributed by atoms with Crippen LogP contribution < -0.4 is 15.2 Å². The second-order valence-corrected chi connectivity index (χ2v) is 5.21. The van der Waals surface area contributed by atoms with Crippen LogP contribution in [0.1, 0.15) is 5.56 Å². The van der Waals surface area contributed by atoms with Crippen molar-refractivity contribution >= 4 is 23.4 Å². The Morgan fingerprint density at radius 1 is 1.17 bits per heavy atom. The molecule has 0 amide bonds. The maximum absolute atomic E-state index is 11.6. The topological polar surface area (TPSA) is 83.1 Å². The van der Waals surface area contributed by atoms with Gasteiger partial charge in [-0.25, -0.2) is 4.79 Å². The van der Waals surface area contributed by atoms with Crippen molar-refractivity contribution in [2.24, 2.45) is 10.9 Å². The Balaban J connectivity index is 1.83. The number of carbonyl (C=O) groups is 1. The number of nitrogens with zero attached hydrogens (tertiary/aromatic N) is 1. The molecule has 0 fully saturated rings. The van der Waals surface area contributed by atoms with Crippen molar-refractivity contribution in [3.8, 4) is 11.5 Å². The van der Waals surface area contributed by atoms with E-state index >= 15 is 0 Å². The van der Waals surface area contributed by atoms with Crippen LogP contribution in [0.15, 0.2) is 53.7 Å².